The number of thioether (sulfide) groups is 1. The van der Waals surface area contributed by atoms with Crippen LogP contribution in [-0.4, -0.2) is 39.4 Å². The molecule has 1 amide bonds. The minimum Gasteiger partial charge on any atom is -0.496 e. The van der Waals surface area contributed by atoms with Gasteiger partial charge >= 0.3 is 0 Å². The first kappa shape index (κ1) is 24.2. The lowest BCUT2D eigenvalue weighted by Gasteiger charge is -2.18. The van der Waals surface area contributed by atoms with Crippen molar-refractivity contribution in [1.82, 2.24) is 4.90 Å². The molecule has 1 fully saturated rings. The van der Waals surface area contributed by atoms with Crippen molar-refractivity contribution in [3.8, 4) is 5.75 Å². The van der Waals surface area contributed by atoms with Gasteiger partial charge in [0.25, 0.3) is 15.9 Å². The fraction of sp³-hybridized carbons (Fsp3) is 0.269. The van der Waals surface area contributed by atoms with Gasteiger partial charge in [0.2, 0.25) is 0 Å². The van der Waals surface area contributed by atoms with Gasteiger partial charge in [0, 0.05) is 23.7 Å². The van der Waals surface area contributed by atoms with Gasteiger partial charge < -0.3 is 9.64 Å². The summed E-state index contributed by atoms with van der Waals surface area (Å²) >= 11 is 1.73. The van der Waals surface area contributed by atoms with E-state index in [0.29, 0.717) is 24.5 Å². The number of sulfonamides is 1. The number of aryl methyl sites for hydroxylation is 1. The molecule has 1 aliphatic heterocycles. The SMILES string of the molecule is COc1ccc(S(=O)(=O)Nc2ccc(CSc3ccccc3)cc2C)cc1C(=O)N1CCCC1. The molecule has 0 saturated carbocycles. The van der Waals surface area contributed by atoms with E-state index >= 15 is 0 Å². The second-order valence-corrected chi connectivity index (χ2v) is 10.9. The fourth-order valence-corrected chi connectivity index (χ4v) is 5.95. The smallest absolute Gasteiger partial charge is 0.261 e. The molecule has 0 atom stereocenters. The number of likely N-dealkylation sites (tertiary alicyclic amines) is 1. The number of anilines is 1. The molecule has 0 bridgehead atoms. The number of amides is 1. The Morgan fingerprint density at radius 3 is 2.44 bits per heavy atom. The minimum atomic E-state index is -3.89. The summed E-state index contributed by atoms with van der Waals surface area (Å²) in [5.41, 5.74) is 2.71. The molecular formula is C26H28N2O4S2. The number of hydrogen-bond acceptors (Lipinski definition) is 5. The van der Waals surface area contributed by atoms with Crippen molar-refractivity contribution >= 4 is 33.4 Å². The normalized spacial score (nSPS) is 13.6. The summed E-state index contributed by atoms with van der Waals surface area (Å²) in [6.07, 6.45) is 1.90. The van der Waals surface area contributed by atoms with Gasteiger partial charge in [0.05, 0.1) is 23.3 Å². The topological polar surface area (TPSA) is 75.7 Å². The Hall–Kier alpha value is -2.97. The Bertz CT molecular complexity index is 1270. The third-order valence-electron chi connectivity index (χ3n) is 5.79. The number of hydrogen-bond donors (Lipinski definition) is 1. The second kappa shape index (κ2) is 10.5. The Morgan fingerprint density at radius 2 is 1.76 bits per heavy atom. The maximum absolute atomic E-state index is 13.2. The first-order valence-electron chi connectivity index (χ1n) is 11.1. The number of nitrogens with zero attached hydrogens (tertiary/aromatic N) is 1. The molecule has 178 valence electrons. The van der Waals surface area contributed by atoms with Gasteiger partial charge in [-0.1, -0.05) is 30.3 Å². The molecule has 34 heavy (non-hydrogen) atoms. The van der Waals surface area contributed by atoms with E-state index in [1.54, 1.807) is 22.7 Å². The van der Waals surface area contributed by atoms with E-state index in [1.807, 2.05) is 37.3 Å². The third-order valence-corrected chi connectivity index (χ3v) is 8.24. The first-order valence-corrected chi connectivity index (χ1v) is 13.6. The molecule has 1 saturated heterocycles. The van der Waals surface area contributed by atoms with E-state index in [4.69, 9.17) is 4.74 Å². The van der Waals surface area contributed by atoms with Crippen molar-refractivity contribution in [1.29, 1.82) is 0 Å². The molecule has 4 rings (SSSR count). The zero-order valence-electron chi connectivity index (χ0n) is 19.3. The van der Waals surface area contributed by atoms with Crippen molar-refractivity contribution in [3.63, 3.8) is 0 Å². The molecule has 3 aromatic carbocycles. The average molecular weight is 497 g/mol. The summed E-state index contributed by atoms with van der Waals surface area (Å²) in [7, 11) is -2.41. The number of nitrogens with one attached hydrogen (secondary N) is 1. The Balaban J connectivity index is 1.52. The van der Waals surface area contributed by atoms with Crippen molar-refractivity contribution < 1.29 is 17.9 Å². The highest BCUT2D eigenvalue weighted by Gasteiger charge is 2.25. The van der Waals surface area contributed by atoms with E-state index in [0.717, 1.165) is 29.7 Å². The molecule has 1 aliphatic rings. The first-order chi connectivity index (χ1) is 16.4. The molecule has 6 nitrogen and oxygen atoms in total. The lowest BCUT2D eigenvalue weighted by Crippen LogP contribution is -2.28. The second-order valence-electron chi connectivity index (χ2n) is 8.22. The molecule has 0 aliphatic carbocycles. The van der Waals surface area contributed by atoms with Crippen molar-refractivity contribution in [2.24, 2.45) is 0 Å². The van der Waals surface area contributed by atoms with E-state index in [2.05, 4.69) is 16.9 Å². The highest BCUT2D eigenvalue weighted by Crippen LogP contribution is 2.29. The summed E-state index contributed by atoms with van der Waals surface area (Å²) in [5.74, 6) is 0.952. The summed E-state index contributed by atoms with van der Waals surface area (Å²) in [4.78, 5) is 15.9. The van der Waals surface area contributed by atoms with E-state index in [1.165, 1.54) is 30.2 Å². The van der Waals surface area contributed by atoms with E-state index in [-0.39, 0.29) is 16.4 Å². The maximum Gasteiger partial charge on any atom is 0.261 e. The molecule has 0 radical (unpaired) electrons. The number of ether oxygens (including phenoxy) is 1. The van der Waals surface area contributed by atoms with Gasteiger partial charge in [-0.25, -0.2) is 8.42 Å². The van der Waals surface area contributed by atoms with Crippen LogP contribution in [0.15, 0.2) is 76.5 Å². The van der Waals surface area contributed by atoms with Gasteiger partial charge in [0.15, 0.2) is 0 Å². The Labute approximate surface area is 205 Å². The number of methoxy groups -OCH3 is 1. The van der Waals surface area contributed by atoms with Gasteiger partial charge in [0.1, 0.15) is 5.75 Å². The zero-order chi connectivity index (χ0) is 24.1. The van der Waals surface area contributed by atoms with Crippen LogP contribution in [0.2, 0.25) is 0 Å². The van der Waals surface area contributed by atoms with Crippen LogP contribution in [0.4, 0.5) is 5.69 Å². The lowest BCUT2D eigenvalue weighted by atomic mass is 10.1. The molecule has 0 unspecified atom stereocenters. The van der Waals surface area contributed by atoms with Crippen molar-refractivity contribution in [2.45, 2.75) is 35.3 Å². The summed E-state index contributed by atoms with van der Waals surface area (Å²) < 4.78 is 34.3. The van der Waals surface area contributed by atoms with Crippen molar-refractivity contribution in [2.75, 3.05) is 24.9 Å². The van der Waals surface area contributed by atoms with Crippen LogP contribution in [0.3, 0.4) is 0 Å². The fourth-order valence-electron chi connectivity index (χ4n) is 3.93. The van der Waals surface area contributed by atoms with Crippen LogP contribution in [0.5, 0.6) is 5.75 Å². The Morgan fingerprint density at radius 1 is 1.03 bits per heavy atom. The highest BCUT2D eigenvalue weighted by atomic mass is 32.2. The zero-order valence-corrected chi connectivity index (χ0v) is 20.9. The van der Waals surface area contributed by atoms with Crippen LogP contribution in [0.1, 0.15) is 34.3 Å². The van der Waals surface area contributed by atoms with E-state index in [9.17, 15) is 13.2 Å². The van der Waals surface area contributed by atoms with Gasteiger partial charge in [-0.15, -0.1) is 11.8 Å². The number of benzene rings is 3. The molecule has 1 heterocycles. The Kier molecular flexibility index (Phi) is 7.48. The van der Waals surface area contributed by atoms with Crippen LogP contribution < -0.4 is 9.46 Å². The van der Waals surface area contributed by atoms with Gasteiger partial charge in [-0.05, 0) is 67.3 Å². The summed E-state index contributed by atoms with van der Waals surface area (Å²) in [6, 6.07) is 20.2. The molecular weight excluding hydrogens is 468 g/mol. The molecule has 3 aromatic rings. The number of carbonyl (C=O) groups is 1. The molecule has 0 spiro atoms. The quantitative estimate of drug-likeness (QED) is 0.427. The van der Waals surface area contributed by atoms with Crippen molar-refractivity contribution in [3.05, 3.63) is 83.4 Å². The van der Waals surface area contributed by atoms with Crippen LogP contribution >= 0.6 is 11.8 Å². The minimum absolute atomic E-state index is 0.0268. The van der Waals surface area contributed by atoms with Crippen LogP contribution in [0.25, 0.3) is 0 Å². The number of rotatable bonds is 8. The molecule has 0 aromatic heterocycles. The van der Waals surface area contributed by atoms with Crippen LogP contribution in [-0.2, 0) is 15.8 Å². The average Bonchev–Trinajstić information content (AvgIpc) is 3.39. The standard InChI is InChI=1S/C26H28N2O4S2/c1-19-16-20(18-33-21-8-4-3-5-9-21)10-12-24(19)27-34(30,31)22-11-13-25(32-2)23(17-22)26(29)28-14-6-7-15-28/h3-5,8-13,16-17,27H,6-7,14-15,18H2,1-2H3. The van der Waals surface area contributed by atoms with Crippen LogP contribution in [0, 0.1) is 6.92 Å². The predicted octanol–water partition coefficient (Wildman–Crippen LogP) is 5.33. The lowest BCUT2D eigenvalue weighted by molar-refractivity contribution is 0.0789. The molecule has 1 N–H and O–H groups in total. The largest absolute Gasteiger partial charge is 0.496 e. The highest BCUT2D eigenvalue weighted by molar-refractivity contribution is 7.98. The number of carbonyl (C=O) groups excluding carboxylic acids is 1. The molecule has 8 heteroatoms. The third kappa shape index (κ3) is 5.56. The maximum atomic E-state index is 13.2. The van der Waals surface area contributed by atoms with Gasteiger partial charge in [-0.3, -0.25) is 9.52 Å². The monoisotopic (exact) mass is 496 g/mol. The van der Waals surface area contributed by atoms with E-state index < -0.39 is 10.0 Å². The summed E-state index contributed by atoms with van der Waals surface area (Å²) in [6.45, 7) is 3.22. The predicted molar refractivity (Wildman–Crippen MR) is 136 cm³/mol. The van der Waals surface area contributed by atoms with Gasteiger partial charge in [-0.2, -0.15) is 0 Å². The summed E-state index contributed by atoms with van der Waals surface area (Å²) in [5, 5.41) is 0.